The first kappa shape index (κ1) is 25.1. The zero-order chi connectivity index (χ0) is 24.9. The van der Waals surface area contributed by atoms with E-state index in [2.05, 4.69) is 4.74 Å². The van der Waals surface area contributed by atoms with E-state index < -0.39 is 35.0 Å². The summed E-state index contributed by atoms with van der Waals surface area (Å²) in [6.45, 7) is -3.62. The number of ether oxygens (including phenoxy) is 2. The normalized spacial score (nSPS) is 11.2. The minimum Gasteiger partial charge on any atom is -0.454 e. The van der Waals surface area contributed by atoms with Crippen molar-refractivity contribution >= 4 is 39.1 Å². The summed E-state index contributed by atoms with van der Waals surface area (Å²) in [7, 11) is -2.67. The molecule has 3 aromatic rings. The number of alkyl halides is 2. The number of hydrogen-bond acceptors (Lipinski definition) is 6. The topological polar surface area (TPSA) is 90.0 Å². The monoisotopic (exact) mass is 509 g/mol. The number of halogens is 3. The first-order chi connectivity index (χ1) is 16.1. The molecule has 7 nitrogen and oxygen atoms in total. The molecule has 0 N–H and O–H groups in total. The zero-order valence-electron chi connectivity index (χ0n) is 17.7. The van der Waals surface area contributed by atoms with E-state index in [1.807, 2.05) is 0 Å². The number of nitrogens with zero attached hydrogens (tertiary/aromatic N) is 1. The van der Waals surface area contributed by atoms with Gasteiger partial charge in [-0.2, -0.15) is 8.78 Å². The molecule has 0 heterocycles. The van der Waals surface area contributed by atoms with E-state index in [4.69, 9.17) is 16.3 Å². The zero-order valence-corrected chi connectivity index (χ0v) is 19.2. The summed E-state index contributed by atoms with van der Waals surface area (Å²) in [6.07, 6.45) is 0. The summed E-state index contributed by atoms with van der Waals surface area (Å²) in [4.78, 5) is 24.5. The molecular weight excluding hydrogens is 492 g/mol. The largest absolute Gasteiger partial charge is 0.454 e. The molecule has 0 unspecified atom stereocenters. The van der Waals surface area contributed by atoms with E-state index >= 15 is 0 Å². The molecule has 11 heteroatoms. The second-order valence-electron chi connectivity index (χ2n) is 6.88. The van der Waals surface area contributed by atoms with Gasteiger partial charge in [-0.25, -0.2) is 13.2 Å². The van der Waals surface area contributed by atoms with Crippen LogP contribution in [0.1, 0.15) is 20.7 Å². The lowest BCUT2D eigenvalue weighted by Gasteiger charge is -2.20. The summed E-state index contributed by atoms with van der Waals surface area (Å²) in [5.41, 5.74) is 0.374. The average Bonchev–Trinajstić information content (AvgIpc) is 2.82. The van der Waals surface area contributed by atoms with Crippen LogP contribution >= 0.6 is 11.6 Å². The maximum absolute atomic E-state index is 13.0. The van der Waals surface area contributed by atoms with Gasteiger partial charge in [0.1, 0.15) is 5.75 Å². The van der Waals surface area contributed by atoms with Crippen molar-refractivity contribution in [1.82, 2.24) is 0 Å². The van der Waals surface area contributed by atoms with Crippen LogP contribution in [0.4, 0.5) is 14.5 Å². The van der Waals surface area contributed by atoms with Crippen LogP contribution in [0.2, 0.25) is 5.02 Å². The van der Waals surface area contributed by atoms with E-state index in [0.717, 1.165) is 10.4 Å². The van der Waals surface area contributed by atoms with Gasteiger partial charge < -0.3 is 9.47 Å². The number of carbonyl (C=O) groups is 2. The number of sulfonamides is 1. The Balaban J connectivity index is 1.69. The standard InChI is InChI=1S/C23H18ClF2NO6S/c1-27(18-6-3-5-17(24)13-18)34(30,31)20-7-2-4-16(12-20)22(29)32-14-21(28)15-8-10-19(11-9-15)33-23(25)26/h2-13,23H,14H2,1H3. The third-order valence-electron chi connectivity index (χ3n) is 4.64. The Hall–Kier alpha value is -3.50. The minimum atomic E-state index is -4.02. The molecule has 0 aliphatic heterocycles. The smallest absolute Gasteiger partial charge is 0.387 e. The van der Waals surface area contributed by atoms with Gasteiger partial charge in [0.2, 0.25) is 0 Å². The molecule has 0 aromatic heterocycles. The van der Waals surface area contributed by atoms with Gasteiger partial charge in [0.05, 0.1) is 16.1 Å². The van der Waals surface area contributed by atoms with Crippen molar-refractivity contribution in [3.8, 4) is 5.75 Å². The third kappa shape index (κ3) is 6.09. The maximum Gasteiger partial charge on any atom is 0.387 e. The Morgan fingerprint density at radius 1 is 0.971 bits per heavy atom. The molecule has 178 valence electrons. The Labute approximate surface area is 199 Å². The number of rotatable bonds is 9. The fraction of sp³-hybridized carbons (Fsp3) is 0.130. The molecule has 0 atom stereocenters. The van der Waals surface area contributed by atoms with E-state index in [1.165, 1.54) is 55.6 Å². The molecule has 34 heavy (non-hydrogen) atoms. The van der Waals surface area contributed by atoms with Crippen LogP contribution in [-0.2, 0) is 14.8 Å². The number of anilines is 1. The molecule has 0 saturated heterocycles. The van der Waals surface area contributed by atoms with Crippen molar-refractivity contribution < 1.29 is 36.3 Å². The lowest BCUT2D eigenvalue weighted by atomic mass is 10.1. The van der Waals surface area contributed by atoms with Crippen LogP contribution in [0, 0.1) is 0 Å². The number of Topliss-reactive ketones (excluding diaryl/α,β-unsaturated/α-hetero) is 1. The summed E-state index contributed by atoms with van der Waals surface area (Å²) in [6, 6.07) is 16.3. The number of esters is 1. The van der Waals surface area contributed by atoms with E-state index in [9.17, 15) is 26.8 Å². The molecule has 0 amide bonds. The van der Waals surface area contributed by atoms with Crippen LogP contribution in [0.5, 0.6) is 5.75 Å². The highest BCUT2D eigenvalue weighted by atomic mass is 35.5. The predicted octanol–water partition coefficient (Wildman–Crippen LogP) is 4.81. The summed E-state index contributed by atoms with van der Waals surface area (Å²) < 4.78 is 60.6. The minimum absolute atomic E-state index is 0.0750. The van der Waals surface area contributed by atoms with Crippen molar-refractivity contribution in [2.24, 2.45) is 0 Å². The molecule has 0 fully saturated rings. The fourth-order valence-corrected chi connectivity index (χ4v) is 4.29. The van der Waals surface area contributed by atoms with Gasteiger partial charge in [0.25, 0.3) is 10.0 Å². The highest BCUT2D eigenvalue weighted by molar-refractivity contribution is 7.92. The lowest BCUT2D eigenvalue weighted by molar-refractivity contribution is -0.0498. The first-order valence-electron chi connectivity index (χ1n) is 9.67. The van der Waals surface area contributed by atoms with Gasteiger partial charge in [0, 0.05) is 17.6 Å². The average molecular weight is 510 g/mol. The molecule has 0 aliphatic rings. The van der Waals surface area contributed by atoms with E-state index in [-0.39, 0.29) is 21.8 Å². The maximum atomic E-state index is 13.0. The molecule has 0 spiro atoms. The third-order valence-corrected chi connectivity index (χ3v) is 6.65. The van der Waals surface area contributed by atoms with Gasteiger partial charge in [0.15, 0.2) is 12.4 Å². The van der Waals surface area contributed by atoms with Crippen LogP contribution < -0.4 is 9.04 Å². The van der Waals surface area contributed by atoms with Crippen molar-refractivity contribution in [2.45, 2.75) is 11.5 Å². The van der Waals surface area contributed by atoms with Crippen molar-refractivity contribution in [3.05, 3.63) is 88.9 Å². The summed E-state index contributed by atoms with van der Waals surface area (Å²) in [5.74, 6) is -1.61. The SMILES string of the molecule is CN(c1cccc(Cl)c1)S(=O)(=O)c1cccc(C(=O)OCC(=O)c2ccc(OC(F)F)cc2)c1. The van der Waals surface area contributed by atoms with Crippen molar-refractivity contribution in [3.63, 3.8) is 0 Å². The van der Waals surface area contributed by atoms with E-state index in [1.54, 1.807) is 18.2 Å². The number of carbonyl (C=O) groups excluding carboxylic acids is 2. The van der Waals surface area contributed by atoms with E-state index in [0.29, 0.717) is 10.7 Å². The van der Waals surface area contributed by atoms with Gasteiger partial charge in [-0.15, -0.1) is 0 Å². The van der Waals surface area contributed by atoms with Crippen LogP contribution in [0.25, 0.3) is 0 Å². The fourth-order valence-electron chi connectivity index (χ4n) is 2.87. The summed E-state index contributed by atoms with van der Waals surface area (Å²) >= 11 is 5.94. The molecular formula is C23H18ClF2NO6S. The quantitative estimate of drug-likeness (QED) is 0.304. The van der Waals surface area contributed by atoms with Gasteiger partial charge >= 0.3 is 12.6 Å². The Morgan fingerprint density at radius 2 is 1.65 bits per heavy atom. The highest BCUT2D eigenvalue weighted by Gasteiger charge is 2.23. The summed E-state index contributed by atoms with van der Waals surface area (Å²) in [5, 5.41) is 0.359. The lowest BCUT2D eigenvalue weighted by Crippen LogP contribution is -2.26. The van der Waals surface area contributed by atoms with Crippen LogP contribution in [0.15, 0.2) is 77.7 Å². The van der Waals surface area contributed by atoms with Gasteiger partial charge in [-0.3, -0.25) is 9.10 Å². The van der Waals surface area contributed by atoms with Gasteiger partial charge in [-0.05, 0) is 60.7 Å². The molecule has 3 aromatic carbocycles. The Bertz CT molecular complexity index is 1300. The second-order valence-corrected chi connectivity index (χ2v) is 9.29. The second kappa shape index (κ2) is 10.6. The predicted molar refractivity (Wildman–Crippen MR) is 121 cm³/mol. The van der Waals surface area contributed by atoms with Crippen molar-refractivity contribution in [1.29, 1.82) is 0 Å². The molecule has 0 aliphatic carbocycles. The highest BCUT2D eigenvalue weighted by Crippen LogP contribution is 2.25. The van der Waals surface area contributed by atoms with Crippen molar-refractivity contribution in [2.75, 3.05) is 18.0 Å². The number of hydrogen-bond donors (Lipinski definition) is 0. The number of ketones is 1. The van der Waals surface area contributed by atoms with Crippen LogP contribution in [-0.4, -0.2) is 40.4 Å². The molecule has 0 radical (unpaired) electrons. The number of benzene rings is 3. The van der Waals surface area contributed by atoms with Crippen LogP contribution in [0.3, 0.4) is 0 Å². The Kier molecular flexibility index (Phi) is 7.85. The molecule has 3 rings (SSSR count). The van der Waals surface area contributed by atoms with Gasteiger partial charge in [-0.1, -0.05) is 23.7 Å². The Morgan fingerprint density at radius 3 is 2.29 bits per heavy atom. The first-order valence-corrected chi connectivity index (χ1v) is 11.5. The molecule has 0 bridgehead atoms. The molecule has 0 saturated carbocycles.